The van der Waals surface area contributed by atoms with E-state index in [1.165, 1.54) is 25.3 Å². The minimum absolute atomic E-state index is 0.0112. The van der Waals surface area contributed by atoms with Gasteiger partial charge in [0.1, 0.15) is 4.99 Å². The summed E-state index contributed by atoms with van der Waals surface area (Å²) in [5.74, 6) is 0. The van der Waals surface area contributed by atoms with Gasteiger partial charge in [0, 0.05) is 25.8 Å². The van der Waals surface area contributed by atoms with Gasteiger partial charge in [-0.15, -0.1) is 0 Å². The Labute approximate surface area is 134 Å². The van der Waals surface area contributed by atoms with Gasteiger partial charge in [0.2, 0.25) is 10.0 Å². The number of nitrogens with zero attached hydrogens (tertiary/aromatic N) is 1. The van der Waals surface area contributed by atoms with Crippen LogP contribution in [0, 0.1) is 0 Å². The molecule has 0 bridgehead atoms. The van der Waals surface area contributed by atoms with Gasteiger partial charge in [0.25, 0.3) is 0 Å². The number of thiocarbonyl (C=S) groups is 1. The second-order valence-electron chi connectivity index (χ2n) is 4.13. The van der Waals surface area contributed by atoms with Crippen LogP contribution in [0.5, 0.6) is 0 Å². The fourth-order valence-corrected chi connectivity index (χ4v) is 3.68. The van der Waals surface area contributed by atoms with Gasteiger partial charge in [-0.1, -0.05) is 23.8 Å². The number of halogens is 1. The number of rotatable bonds is 8. The van der Waals surface area contributed by atoms with Crippen LogP contribution in [0.3, 0.4) is 0 Å². The Morgan fingerprint density at radius 3 is 2.62 bits per heavy atom. The van der Waals surface area contributed by atoms with Crippen molar-refractivity contribution in [2.45, 2.75) is 4.90 Å². The van der Waals surface area contributed by atoms with Gasteiger partial charge in [-0.2, -0.15) is 4.31 Å². The lowest BCUT2D eigenvalue weighted by Gasteiger charge is -2.21. The minimum Gasteiger partial charge on any atom is -0.395 e. The van der Waals surface area contributed by atoms with Crippen LogP contribution < -0.4 is 5.73 Å². The molecule has 21 heavy (non-hydrogen) atoms. The number of ether oxygens (including phenoxy) is 1. The Hall–Kier alpha value is -0.770. The van der Waals surface area contributed by atoms with E-state index >= 15 is 0 Å². The van der Waals surface area contributed by atoms with E-state index in [1.54, 1.807) is 0 Å². The van der Waals surface area contributed by atoms with Crippen molar-refractivity contribution in [1.29, 1.82) is 0 Å². The van der Waals surface area contributed by atoms with Crippen LogP contribution in [-0.2, 0) is 14.8 Å². The quantitative estimate of drug-likeness (QED) is 0.666. The van der Waals surface area contributed by atoms with Crippen molar-refractivity contribution < 1.29 is 18.3 Å². The molecule has 0 spiro atoms. The highest BCUT2D eigenvalue weighted by Gasteiger charge is 2.24. The Bertz CT molecular complexity index is 607. The van der Waals surface area contributed by atoms with Gasteiger partial charge >= 0.3 is 0 Å². The van der Waals surface area contributed by atoms with Gasteiger partial charge in [0.05, 0.1) is 23.1 Å². The molecule has 0 aliphatic carbocycles. The number of nitrogens with two attached hydrogens (primary N) is 1. The first-order chi connectivity index (χ1) is 9.84. The molecule has 6 nitrogen and oxygen atoms in total. The van der Waals surface area contributed by atoms with Crippen molar-refractivity contribution in [3.8, 4) is 0 Å². The standard InChI is InChI=1S/C12H17ClN2O4S2/c1-19-7-5-15(4-6-16)21(17,18)9-2-3-10(12(14)20)11(13)8-9/h2-3,8,16H,4-7H2,1H3,(H2,14,20). The van der Waals surface area contributed by atoms with Gasteiger partial charge in [0.15, 0.2) is 0 Å². The number of aliphatic hydroxyl groups excluding tert-OH is 1. The van der Waals surface area contributed by atoms with Crippen LogP contribution in [0.15, 0.2) is 23.1 Å². The molecule has 0 fully saturated rings. The molecule has 0 saturated carbocycles. The molecule has 0 saturated heterocycles. The van der Waals surface area contributed by atoms with Crippen molar-refractivity contribution >= 4 is 38.8 Å². The van der Waals surface area contributed by atoms with E-state index in [-0.39, 0.29) is 41.2 Å². The van der Waals surface area contributed by atoms with E-state index in [1.807, 2.05) is 0 Å². The summed E-state index contributed by atoms with van der Waals surface area (Å²) in [4.78, 5) is 0.104. The zero-order chi connectivity index (χ0) is 16.0. The van der Waals surface area contributed by atoms with Gasteiger partial charge in [-0.05, 0) is 18.2 Å². The van der Waals surface area contributed by atoms with Crippen molar-refractivity contribution in [3.05, 3.63) is 28.8 Å². The van der Waals surface area contributed by atoms with Crippen molar-refractivity contribution in [3.63, 3.8) is 0 Å². The monoisotopic (exact) mass is 352 g/mol. The first kappa shape index (κ1) is 18.3. The van der Waals surface area contributed by atoms with Gasteiger partial charge in [-0.25, -0.2) is 8.42 Å². The fraction of sp³-hybridized carbons (Fsp3) is 0.417. The summed E-state index contributed by atoms with van der Waals surface area (Å²) in [5.41, 5.74) is 5.90. The molecule has 0 radical (unpaired) electrons. The second kappa shape index (κ2) is 8.02. The van der Waals surface area contributed by atoms with E-state index in [2.05, 4.69) is 0 Å². The molecule has 0 amide bonds. The maximum absolute atomic E-state index is 12.5. The predicted molar refractivity (Wildman–Crippen MR) is 85.1 cm³/mol. The average molecular weight is 353 g/mol. The third-order valence-electron chi connectivity index (χ3n) is 2.74. The maximum Gasteiger partial charge on any atom is 0.243 e. The first-order valence-corrected chi connectivity index (χ1v) is 8.26. The highest BCUT2D eigenvalue weighted by Crippen LogP contribution is 2.23. The zero-order valence-corrected chi connectivity index (χ0v) is 13.8. The van der Waals surface area contributed by atoms with Crippen molar-refractivity contribution in [1.82, 2.24) is 4.31 Å². The van der Waals surface area contributed by atoms with E-state index in [9.17, 15) is 8.42 Å². The molecule has 9 heteroatoms. The smallest absolute Gasteiger partial charge is 0.243 e. The van der Waals surface area contributed by atoms with Crippen LogP contribution in [0.2, 0.25) is 5.02 Å². The zero-order valence-electron chi connectivity index (χ0n) is 11.5. The third kappa shape index (κ3) is 4.60. The molecule has 0 aromatic heterocycles. The van der Waals surface area contributed by atoms with E-state index < -0.39 is 10.0 Å². The van der Waals surface area contributed by atoms with Gasteiger partial charge < -0.3 is 15.6 Å². The molecular weight excluding hydrogens is 336 g/mol. The molecule has 1 aromatic carbocycles. The van der Waals surface area contributed by atoms with E-state index in [4.69, 9.17) is 39.4 Å². The molecule has 0 aliphatic rings. The molecule has 1 aromatic rings. The Kier molecular flexibility index (Phi) is 6.98. The topological polar surface area (TPSA) is 92.9 Å². The summed E-state index contributed by atoms with van der Waals surface area (Å²) in [6, 6.07) is 4.14. The molecule has 1 rings (SSSR count). The molecular formula is C12H17ClN2O4S2. The molecule has 0 unspecified atom stereocenters. The summed E-state index contributed by atoms with van der Waals surface area (Å²) in [6.45, 7) is 0.0357. The number of benzene rings is 1. The number of methoxy groups -OCH3 is 1. The summed E-state index contributed by atoms with van der Waals surface area (Å²) >= 11 is 10.8. The number of hydrogen-bond acceptors (Lipinski definition) is 5. The summed E-state index contributed by atoms with van der Waals surface area (Å²) in [5, 5.41) is 9.18. The average Bonchev–Trinajstić information content (AvgIpc) is 2.42. The van der Waals surface area contributed by atoms with Crippen LogP contribution in [0.4, 0.5) is 0 Å². The van der Waals surface area contributed by atoms with Crippen LogP contribution in [0.1, 0.15) is 5.56 Å². The SMILES string of the molecule is COCCN(CCO)S(=O)(=O)c1ccc(C(N)=S)c(Cl)c1. The van der Waals surface area contributed by atoms with Gasteiger partial charge in [-0.3, -0.25) is 0 Å². The highest BCUT2D eigenvalue weighted by molar-refractivity contribution is 7.89. The van der Waals surface area contributed by atoms with Crippen LogP contribution in [0.25, 0.3) is 0 Å². The largest absolute Gasteiger partial charge is 0.395 e. The maximum atomic E-state index is 12.5. The van der Waals surface area contributed by atoms with E-state index in [0.717, 1.165) is 4.31 Å². The fourth-order valence-electron chi connectivity index (χ4n) is 1.66. The number of hydrogen-bond donors (Lipinski definition) is 2. The Morgan fingerprint density at radius 2 is 2.14 bits per heavy atom. The number of sulfonamides is 1. The molecule has 0 heterocycles. The predicted octanol–water partition coefficient (Wildman–Crippen LogP) is 0.604. The third-order valence-corrected chi connectivity index (χ3v) is 5.17. The summed E-state index contributed by atoms with van der Waals surface area (Å²) in [6.07, 6.45) is 0. The lowest BCUT2D eigenvalue weighted by molar-refractivity contribution is 0.168. The lowest BCUT2D eigenvalue weighted by atomic mass is 10.2. The van der Waals surface area contributed by atoms with Crippen molar-refractivity contribution in [2.75, 3.05) is 33.4 Å². The normalized spacial score (nSPS) is 11.8. The van der Waals surface area contributed by atoms with E-state index in [0.29, 0.717) is 5.56 Å². The van der Waals surface area contributed by atoms with Crippen LogP contribution >= 0.6 is 23.8 Å². The Morgan fingerprint density at radius 1 is 1.48 bits per heavy atom. The molecule has 118 valence electrons. The molecule has 0 aliphatic heterocycles. The van der Waals surface area contributed by atoms with Crippen LogP contribution in [-0.4, -0.2) is 56.2 Å². The first-order valence-electron chi connectivity index (χ1n) is 6.04. The highest BCUT2D eigenvalue weighted by atomic mass is 35.5. The Balaban J connectivity index is 3.15. The second-order valence-corrected chi connectivity index (χ2v) is 6.91. The molecule has 0 atom stereocenters. The molecule has 3 N–H and O–H groups in total. The summed E-state index contributed by atoms with van der Waals surface area (Å²) in [7, 11) is -2.31. The van der Waals surface area contributed by atoms with Crippen molar-refractivity contribution in [2.24, 2.45) is 5.73 Å². The number of aliphatic hydroxyl groups is 1. The lowest BCUT2D eigenvalue weighted by Crippen LogP contribution is -2.36. The minimum atomic E-state index is -3.78. The summed E-state index contributed by atoms with van der Waals surface area (Å²) < 4.78 is 31.0.